The van der Waals surface area contributed by atoms with Gasteiger partial charge < -0.3 is 10.4 Å². The van der Waals surface area contributed by atoms with Crippen LogP contribution < -0.4 is 5.32 Å². The van der Waals surface area contributed by atoms with Crippen LogP contribution in [0.2, 0.25) is 0 Å². The van der Waals surface area contributed by atoms with Gasteiger partial charge in [0.15, 0.2) is 0 Å². The molecule has 0 aromatic heterocycles. The molecule has 0 aromatic rings. The van der Waals surface area contributed by atoms with Crippen LogP contribution in [0.5, 0.6) is 0 Å². The summed E-state index contributed by atoms with van der Waals surface area (Å²) in [5, 5.41) is 12.2. The molecule has 3 heteroatoms. The molecular formula is C12H25NO2. The highest BCUT2D eigenvalue weighted by Crippen LogP contribution is 2.11. The molecule has 0 aromatic carbocycles. The summed E-state index contributed by atoms with van der Waals surface area (Å²) in [6.07, 6.45) is 2.18. The van der Waals surface area contributed by atoms with Gasteiger partial charge in [0.2, 0.25) is 0 Å². The Morgan fingerprint density at radius 3 is 2.13 bits per heavy atom. The fourth-order valence-corrected chi connectivity index (χ4v) is 1.69. The number of hydrogen-bond acceptors (Lipinski definition) is 2. The summed E-state index contributed by atoms with van der Waals surface area (Å²) in [4.78, 5) is 11.0. The highest BCUT2D eigenvalue weighted by molar-refractivity contribution is 5.73. The lowest BCUT2D eigenvalue weighted by molar-refractivity contribution is -0.140. The third-order valence-electron chi connectivity index (χ3n) is 2.85. The summed E-state index contributed by atoms with van der Waals surface area (Å²) >= 11 is 0. The molecule has 15 heavy (non-hydrogen) atoms. The Labute approximate surface area is 93.3 Å². The van der Waals surface area contributed by atoms with E-state index in [4.69, 9.17) is 5.11 Å². The summed E-state index contributed by atoms with van der Waals surface area (Å²) in [6, 6.07) is -0.160. The van der Waals surface area contributed by atoms with E-state index in [0.717, 1.165) is 12.8 Å². The Morgan fingerprint density at radius 1 is 1.27 bits per heavy atom. The van der Waals surface area contributed by atoms with E-state index in [-0.39, 0.29) is 12.0 Å². The van der Waals surface area contributed by atoms with Crippen molar-refractivity contribution in [1.29, 1.82) is 0 Å². The summed E-state index contributed by atoms with van der Waals surface area (Å²) in [5.74, 6) is 0.0250. The van der Waals surface area contributed by atoms with Crippen molar-refractivity contribution in [3.05, 3.63) is 0 Å². The zero-order valence-corrected chi connectivity index (χ0v) is 10.6. The molecule has 0 aliphatic rings. The molecular weight excluding hydrogens is 190 g/mol. The molecule has 0 radical (unpaired) electrons. The van der Waals surface area contributed by atoms with Crippen molar-refractivity contribution in [2.24, 2.45) is 11.8 Å². The standard InChI is InChI=1S/C12H25NO2/c1-6-9(4)7-10(5)13-11(8(2)3)12(14)15/h8-11,13H,6-7H2,1-5H3,(H,14,15). The summed E-state index contributed by atoms with van der Waals surface area (Å²) in [5.41, 5.74) is 0. The van der Waals surface area contributed by atoms with E-state index >= 15 is 0 Å². The molecule has 0 spiro atoms. The largest absolute Gasteiger partial charge is 0.480 e. The van der Waals surface area contributed by atoms with Gasteiger partial charge in [-0.15, -0.1) is 0 Å². The fraction of sp³-hybridized carbons (Fsp3) is 0.917. The molecule has 2 N–H and O–H groups in total. The molecule has 0 amide bonds. The molecule has 0 saturated heterocycles. The lowest BCUT2D eigenvalue weighted by atomic mass is 9.97. The van der Waals surface area contributed by atoms with Gasteiger partial charge in [0.1, 0.15) is 6.04 Å². The van der Waals surface area contributed by atoms with Crippen molar-refractivity contribution in [3.63, 3.8) is 0 Å². The average molecular weight is 215 g/mol. The number of rotatable bonds is 7. The minimum atomic E-state index is -0.749. The number of carboxylic acid groups (broad SMARTS) is 1. The van der Waals surface area contributed by atoms with Crippen molar-refractivity contribution < 1.29 is 9.90 Å². The van der Waals surface area contributed by atoms with Gasteiger partial charge in [-0.2, -0.15) is 0 Å². The fourth-order valence-electron chi connectivity index (χ4n) is 1.69. The zero-order chi connectivity index (χ0) is 12.0. The van der Waals surface area contributed by atoms with E-state index in [0.29, 0.717) is 5.92 Å². The first-order valence-corrected chi connectivity index (χ1v) is 5.87. The Balaban J connectivity index is 4.11. The van der Waals surface area contributed by atoms with E-state index in [1.54, 1.807) is 0 Å². The van der Waals surface area contributed by atoms with Gasteiger partial charge in [-0.3, -0.25) is 4.79 Å². The summed E-state index contributed by atoms with van der Waals surface area (Å²) < 4.78 is 0. The predicted molar refractivity (Wildman–Crippen MR) is 62.9 cm³/mol. The number of carbonyl (C=O) groups is 1. The Hall–Kier alpha value is -0.570. The van der Waals surface area contributed by atoms with Crippen LogP contribution in [0, 0.1) is 11.8 Å². The summed E-state index contributed by atoms with van der Waals surface area (Å²) in [7, 11) is 0. The van der Waals surface area contributed by atoms with Gasteiger partial charge in [0.25, 0.3) is 0 Å². The Bertz CT molecular complexity index is 192. The van der Waals surface area contributed by atoms with Gasteiger partial charge in [-0.05, 0) is 25.2 Å². The number of nitrogens with one attached hydrogen (secondary N) is 1. The van der Waals surface area contributed by atoms with Gasteiger partial charge in [0.05, 0.1) is 0 Å². The van der Waals surface area contributed by atoms with Crippen LogP contribution in [0.25, 0.3) is 0 Å². The van der Waals surface area contributed by atoms with Crippen LogP contribution in [-0.2, 0) is 4.79 Å². The quantitative estimate of drug-likeness (QED) is 0.686. The topological polar surface area (TPSA) is 49.3 Å². The molecule has 0 fully saturated rings. The van der Waals surface area contributed by atoms with E-state index in [9.17, 15) is 4.79 Å². The number of carboxylic acids is 1. The predicted octanol–water partition coefficient (Wildman–Crippen LogP) is 2.51. The lowest BCUT2D eigenvalue weighted by Crippen LogP contribution is -2.45. The maximum atomic E-state index is 11.0. The SMILES string of the molecule is CCC(C)CC(C)NC(C(=O)O)C(C)C. The zero-order valence-electron chi connectivity index (χ0n) is 10.6. The Kier molecular flexibility index (Phi) is 6.57. The second kappa shape index (κ2) is 6.83. The first kappa shape index (κ1) is 14.4. The maximum Gasteiger partial charge on any atom is 0.320 e. The third kappa shape index (κ3) is 5.78. The maximum absolute atomic E-state index is 11.0. The van der Waals surface area contributed by atoms with Crippen LogP contribution >= 0.6 is 0 Å². The van der Waals surface area contributed by atoms with E-state index in [1.807, 2.05) is 13.8 Å². The van der Waals surface area contributed by atoms with Gasteiger partial charge in [0, 0.05) is 6.04 Å². The first-order chi connectivity index (χ1) is 6.88. The van der Waals surface area contributed by atoms with Crippen LogP contribution in [0.15, 0.2) is 0 Å². The van der Waals surface area contributed by atoms with Crippen LogP contribution in [0.1, 0.15) is 47.5 Å². The first-order valence-electron chi connectivity index (χ1n) is 5.87. The van der Waals surface area contributed by atoms with Gasteiger partial charge >= 0.3 is 5.97 Å². The number of hydrogen-bond donors (Lipinski definition) is 2. The van der Waals surface area contributed by atoms with Crippen molar-refractivity contribution >= 4 is 5.97 Å². The van der Waals surface area contributed by atoms with Gasteiger partial charge in [-0.1, -0.05) is 34.1 Å². The summed E-state index contributed by atoms with van der Waals surface area (Å²) in [6.45, 7) is 10.3. The second-order valence-electron chi connectivity index (χ2n) is 4.88. The van der Waals surface area contributed by atoms with Crippen molar-refractivity contribution in [2.75, 3.05) is 0 Å². The average Bonchev–Trinajstić information content (AvgIpc) is 2.12. The minimum Gasteiger partial charge on any atom is -0.480 e. The molecule has 0 aliphatic heterocycles. The van der Waals surface area contributed by atoms with E-state index in [2.05, 4.69) is 26.1 Å². The molecule has 90 valence electrons. The third-order valence-corrected chi connectivity index (χ3v) is 2.85. The molecule has 0 heterocycles. The van der Waals surface area contributed by atoms with E-state index in [1.165, 1.54) is 0 Å². The molecule has 3 unspecified atom stereocenters. The highest BCUT2D eigenvalue weighted by Gasteiger charge is 2.23. The van der Waals surface area contributed by atoms with Gasteiger partial charge in [-0.25, -0.2) is 0 Å². The van der Waals surface area contributed by atoms with Crippen LogP contribution in [0.3, 0.4) is 0 Å². The molecule has 3 nitrogen and oxygen atoms in total. The smallest absolute Gasteiger partial charge is 0.320 e. The lowest BCUT2D eigenvalue weighted by Gasteiger charge is -2.24. The molecule has 0 aliphatic carbocycles. The van der Waals surface area contributed by atoms with Crippen molar-refractivity contribution in [1.82, 2.24) is 5.32 Å². The molecule has 3 atom stereocenters. The monoisotopic (exact) mass is 215 g/mol. The second-order valence-corrected chi connectivity index (χ2v) is 4.88. The number of aliphatic carboxylic acids is 1. The highest BCUT2D eigenvalue weighted by atomic mass is 16.4. The Morgan fingerprint density at radius 2 is 1.80 bits per heavy atom. The molecule has 0 saturated carbocycles. The van der Waals surface area contributed by atoms with Crippen LogP contribution in [-0.4, -0.2) is 23.2 Å². The molecule has 0 bridgehead atoms. The minimum absolute atomic E-state index is 0.127. The van der Waals surface area contributed by atoms with Crippen LogP contribution in [0.4, 0.5) is 0 Å². The van der Waals surface area contributed by atoms with E-state index < -0.39 is 12.0 Å². The normalized spacial score (nSPS) is 17.5. The van der Waals surface area contributed by atoms with Crippen molar-refractivity contribution in [2.45, 2.75) is 59.5 Å². The van der Waals surface area contributed by atoms with Crippen molar-refractivity contribution in [3.8, 4) is 0 Å². The molecule has 0 rings (SSSR count).